The number of ether oxygens (including phenoxy) is 3. The first-order valence-electron chi connectivity index (χ1n) is 14.2. The van der Waals surface area contributed by atoms with E-state index in [0.29, 0.717) is 42.1 Å². The second kappa shape index (κ2) is 10.6. The van der Waals surface area contributed by atoms with Gasteiger partial charge in [0.05, 0.1) is 12.0 Å². The summed E-state index contributed by atoms with van der Waals surface area (Å²) in [5, 5.41) is 18.1. The highest BCUT2D eigenvalue weighted by Gasteiger charge is 2.29. The fraction of sp³-hybridized carbons (Fsp3) is 0.394. The molecule has 0 radical (unpaired) electrons. The van der Waals surface area contributed by atoms with Gasteiger partial charge in [0.2, 0.25) is 6.79 Å². The predicted octanol–water partition coefficient (Wildman–Crippen LogP) is 7.11. The number of allylic oxidation sites excluding steroid dienone is 4. The number of benzene rings is 2. The van der Waals surface area contributed by atoms with E-state index in [-0.39, 0.29) is 5.41 Å². The monoisotopic (exact) mass is 539 g/mol. The first-order valence-corrected chi connectivity index (χ1v) is 14.2. The van der Waals surface area contributed by atoms with Crippen LogP contribution >= 0.6 is 0 Å². The number of likely N-dealkylation sites (tertiary alicyclic amines) is 1. The highest BCUT2D eigenvalue weighted by molar-refractivity contribution is 6.23. The normalized spacial score (nSPS) is 17.4. The molecule has 6 rings (SSSR count). The maximum Gasteiger partial charge on any atom is 0.231 e. The van der Waals surface area contributed by atoms with Crippen LogP contribution in [-0.2, 0) is 0 Å². The minimum absolute atomic E-state index is 0.274. The van der Waals surface area contributed by atoms with Crippen LogP contribution in [0.4, 0.5) is 0 Å². The third-order valence-corrected chi connectivity index (χ3v) is 8.10. The van der Waals surface area contributed by atoms with Crippen molar-refractivity contribution in [2.75, 3.05) is 33.0 Å². The zero-order valence-corrected chi connectivity index (χ0v) is 23.5. The zero-order valence-electron chi connectivity index (χ0n) is 23.5. The molecule has 3 aromatic rings. The molecule has 0 amide bonds. The highest BCUT2D eigenvalue weighted by atomic mass is 16.7. The summed E-state index contributed by atoms with van der Waals surface area (Å²) in [4.78, 5) is 2.53. The van der Waals surface area contributed by atoms with Crippen LogP contribution in [0.5, 0.6) is 17.2 Å². The summed E-state index contributed by atoms with van der Waals surface area (Å²) in [6.45, 7) is 10.2. The van der Waals surface area contributed by atoms with Gasteiger partial charge in [-0.1, -0.05) is 45.1 Å². The molecule has 2 aromatic carbocycles. The molecule has 0 spiro atoms. The number of fused-ring (bicyclic) bond motifs is 2. The molecule has 0 unspecified atom stereocenters. The summed E-state index contributed by atoms with van der Waals surface area (Å²) >= 11 is 0. The predicted molar refractivity (Wildman–Crippen MR) is 157 cm³/mol. The fourth-order valence-corrected chi connectivity index (χ4v) is 5.63. The van der Waals surface area contributed by atoms with E-state index in [1.54, 1.807) is 0 Å². The Balaban J connectivity index is 1.00. The molecule has 1 aliphatic carbocycles. The molecule has 208 valence electrons. The first kappa shape index (κ1) is 26.4. The van der Waals surface area contributed by atoms with Crippen molar-refractivity contribution in [1.29, 1.82) is 10.8 Å². The molecule has 2 aliphatic heterocycles. The average molecular weight is 540 g/mol. The van der Waals surface area contributed by atoms with E-state index in [0.717, 1.165) is 72.7 Å². The van der Waals surface area contributed by atoms with E-state index in [9.17, 15) is 0 Å². The molecular weight excluding hydrogens is 502 g/mol. The number of nitrogens with zero attached hydrogens (tertiary/aromatic N) is 1. The number of piperidine rings is 1. The summed E-state index contributed by atoms with van der Waals surface area (Å²) in [6.07, 6.45) is 7.04. The lowest BCUT2D eigenvalue weighted by Gasteiger charge is -2.32. The molecule has 1 fully saturated rings. The average Bonchev–Trinajstić information content (AvgIpc) is 3.57. The molecule has 0 bridgehead atoms. The molecule has 0 saturated carbocycles. The van der Waals surface area contributed by atoms with Crippen molar-refractivity contribution in [2.45, 2.75) is 46.0 Å². The zero-order chi connectivity index (χ0) is 27.9. The number of rotatable bonds is 9. The van der Waals surface area contributed by atoms with Gasteiger partial charge >= 0.3 is 0 Å². The molecule has 3 heterocycles. The van der Waals surface area contributed by atoms with E-state index in [1.165, 1.54) is 5.56 Å². The van der Waals surface area contributed by atoms with Gasteiger partial charge in [-0.05, 0) is 74.2 Å². The maximum absolute atomic E-state index is 8.74. The van der Waals surface area contributed by atoms with E-state index >= 15 is 0 Å². The van der Waals surface area contributed by atoms with Crippen LogP contribution in [0.15, 0.2) is 70.2 Å². The first-order chi connectivity index (χ1) is 19.3. The van der Waals surface area contributed by atoms with Gasteiger partial charge in [-0.3, -0.25) is 5.41 Å². The standard InChI is InChI=1S/C33H37N3O4/c1-33(2,3)32(35)24-10-9-23(24)31(34)30-19-25-26(6-4-7-27(25)40-30)37-17-5-14-36-15-12-21(13-16-36)22-8-11-28-29(18-22)39-20-38-28/h4,6-11,18-19,21,34-35H,5,12-17,20H2,1-3H3. The maximum atomic E-state index is 8.74. The molecule has 3 aliphatic rings. The molecule has 7 nitrogen and oxygen atoms in total. The highest BCUT2D eigenvalue weighted by Crippen LogP contribution is 2.38. The third-order valence-electron chi connectivity index (χ3n) is 8.10. The number of hydrogen-bond donors (Lipinski definition) is 2. The summed E-state index contributed by atoms with van der Waals surface area (Å²) in [5.74, 6) is 3.56. The third kappa shape index (κ3) is 5.18. The Morgan fingerprint density at radius 3 is 2.50 bits per heavy atom. The van der Waals surface area contributed by atoms with Crippen molar-refractivity contribution in [1.82, 2.24) is 4.90 Å². The van der Waals surface area contributed by atoms with Crippen LogP contribution in [0.25, 0.3) is 11.0 Å². The Labute approximate surface area is 235 Å². The van der Waals surface area contributed by atoms with Crippen LogP contribution in [0.3, 0.4) is 0 Å². The lowest BCUT2D eigenvalue weighted by Crippen LogP contribution is -2.34. The van der Waals surface area contributed by atoms with Gasteiger partial charge in [0.1, 0.15) is 17.0 Å². The Bertz CT molecular complexity index is 1520. The molecule has 7 heteroatoms. The van der Waals surface area contributed by atoms with Crippen LogP contribution in [-0.4, -0.2) is 49.4 Å². The van der Waals surface area contributed by atoms with Crippen molar-refractivity contribution >= 4 is 22.4 Å². The van der Waals surface area contributed by atoms with Gasteiger partial charge in [0.15, 0.2) is 17.3 Å². The second-order valence-electron chi connectivity index (χ2n) is 11.9. The van der Waals surface area contributed by atoms with Gasteiger partial charge in [0, 0.05) is 28.8 Å². The smallest absolute Gasteiger partial charge is 0.231 e. The number of nitrogens with one attached hydrogen (secondary N) is 2. The van der Waals surface area contributed by atoms with Crippen molar-refractivity contribution in [3.8, 4) is 17.2 Å². The molecule has 1 saturated heterocycles. The Morgan fingerprint density at radius 2 is 1.75 bits per heavy atom. The number of hydrogen-bond acceptors (Lipinski definition) is 7. The topological polar surface area (TPSA) is 91.8 Å². The van der Waals surface area contributed by atoms with Gasteiger partial charge in [-0.25, -0.2) is 0 Å². The van der Waals surface area contributed by atoms with Crippen molar-refractivity contribution in [3.05, 3.63) is 77.1 Å². The molecule has 40 heavy (non-hydrogen) atoms. The molecule has 1 aromatic heterocycles. The lowest BCUT2D eigenvalue weighted by atomic mass is 9.78. The minimum Gasteiger partial charge on any atom is -0.493 e. The quantitative estimate of drug-likeness (QED) is 0.223. The Morgan fingerprint density at radius 1 is 0.975 bits per heavy atom. The molecular formula is C33H37N3O4. The van der Waals surface area contributed by atoms with Crippen molar-refractivity contribution in [3.63, 3.8) is 0 Å². The van der Waals surface area contributed by atoms with Crippen molar-refractivity contribution in [2.24, 2.45) is 5.41 Å². The van der Waals surface area contributed by atoms with Crippen LogP contribution < -0.4 is 14.2 Å². The molecule has 0 atom stereocenters. The number of furan rings is 1. The Kier molecular flexibility index (Phi) is 7.00. The minimum atomic E-state index is -0.274. The second-order valence-corrected chi connectivity index (χ2v) is 11.9. The van der Waals surface area contributed by atoms with Gasteiger partial charge in [-0.2, -0.15) is 0 Å². The van der Waals surface area contributed by atoms with Crippen LogP contribution in [0.2, 0.25) is 0 Å². The largest absolute Gasteiger partial charge is 0.493 e. The van der Waals surface area contributed by atoms with E-state index in [4.69, 9.17) is 29.4 Å². The van der Waals surface area contributed by atoms with Gasteiger partial charge < -0.3 is 28.9 Å². The van der Waals surface area contributed by atoms with E-state index < -0.39 is 0 Å². The van der Waals surface area contributed by atoms with Gasteiger partial charge in [-0.15, -0.1) is 0 Å². The fourth-order valence-electron chi connectivity index (χ4n) is 5.63. The summed E-state index contributed by atoms with van der Waals surface area (Å²) in [7, 11) is 0. The van der Waals surface area contributed by atoms with E-state index in [1.807, 2.05) is 63.3 Å². The van der Waals surface area contributed by atoms with Crippen molar-refractivity contribution < 1.29 is 18.6 Å². The summed E-state index contributed by atoms with van der Waals surface area (Å²) < 4.78 is 23.3. The van der Waals surface area contributed by atoms with Gasteiger partial charge in [0.25, 0.3) is 0 Å². The lowest BCUT2D eigenvalue weighted by molar-refractivity contribution is 0.173. The van der Waals surface area contributed by atoms with E-state index in [2.05, 4.69) is 17.0 Å². The summed E-state index contributed by atoms with van der Waals surface area (Å²) in [5.41, 5.74) is 4.19. The Hall–Kier alpha value is -3.84. The van der Waals surface area contributed by atoms with Crippen LogP contribution in [0, 0.1) is 16.2 Å². The SMILES string of the molecule is CC(C)(C)C(=N)C1=CC=C1C(=N)c1cc2c(OCCCN3CCC(c4ccc5c(c4)OCO5)CC3)cccc2o1. The molecule has 2 N–H and O–H groups in total. The van der Waals surface area contributed by atoms with Crippen LogP contribution in [0.1, 0.15) is 57.3 Å². The summed E-state index contributed by atoms with van der Waals surface area (Å²) in [6, 6.07) is 14.1.